The van der Waals surface area contributed by atoms with Crippen LogP contribution < -0.4 is 5.32 Å². The fourth-order valence-electron chi connectivity index (χ4n) is 3.05. The number of ketones is 1. The van der Waals surface area contributed by atoms with Gasteiger partial charge in [0.2, 0.25) is 0 Å². The Morgan fingerprint density at radius 1 is 0.931 bits per heavy atom. The highest BCUT2D eigenvalue weighted by atomic mass is 16.6. The normalized spacial score (nSPS) is 10.7. The van der Waals surface area contributed by atoms with Crippen molar-refractivity contribution in [3.05, 3.63) is 105 Å². The summed E-state index contributed by atoms with van der Waals surface area (Å²) in [6.45, 7) is 1.31. The molecule has 148 valence electrons. The van der Waals surface area contributed by atoms with Gasteiger partial charge in [-0.1, -0.05) is 54.6 Å². The molecule has 0 saturated carbocycles. The molecule has 0 bridgehead atoms. The maximum Gasteiger partial charge on any atom is 0.293 e. The predicted molar refractivity (Wildman–Crippen MR) is 114 cm³/mol. The lowest BCUT2D eigenvalue weighted by Gasteiger charge is -2.11. The smallest absolute Gasteiger partial charge is 0.293 e. The minimum absolute atomic E-state index is 0.115. The highest BCUT2D eigenvalue weighted by Gasteiger charge is 2.18. The van der Waals surface area contributed by atoms with Crippen LogP contribution >= 0.6 is 0 Å². The van der Waals surface area contributed by atoms with Crippen molar-refractivity contribution in [3.63, 3.8) is 0 Å². The van der Waals surface area contributed by atoms with Crippen LogP contribution in [0.1, 0.15) is 27.0 Å². The molecule has 0 aliphatic heterocycles. The van der Waals surface area contributed by atoms with E-state index in [2.05, 4.69) is 10.2 Å². The number of anilines is 1. The van der Waals surface area contributed by atoms with Gasteiger partial charge in [-0.25, -0.2) is 0 Å². The van der Waals surface area contributed by atoms with Crippen LogP contribution in [0.4, 0.5) is 11.4 Å². The van der Waals surface area contributed by atoms with Crippen LogP contribution in [-0.2, 0) is 13.1 Å². The molecule has 0 aliphatic carbocycles. The maximum atomic E-state index is 12.6. The Kier molecular flexibility index (Phi) is 6.36. The second kappa shape index (κ2) is 9.12. The van der Waals surface area contributed by atoms with E-state index in [1.54, 1.807) is 36.4 Å². The molecule has 29 heavy (non-hydrogen) atoms. The number of nitro groups is 1. The van der Waals surface area contributed by atoms with Gasteiger partial charge in [-0.3, -0.25) is 14.9 Å². The van der Waals surface area contributed by atoms with E-state index in [0.29, 0.717) is 23.4 Å². The predicted octanol–water partition coefficient (Wildman–Crippen LogP) is 4.50. The summed E-state index contributed by atoms with van der Waals surface area (Å²) in [4.78, 5) is 25.7. The molecular weight excluding hydrogens is 366 g/mol. The fourth-order valence-corrected chi connectivity index (χ4v) is 3.05. The number of hydrogen-bond acceptors (Lipinski definition) is 5. The molecule has 3 aromatic carbocycles. The van der Waals surface area contributed by atoms with E-state index in [4.69, 9.17) is 0 Å². The third kappa shape index (κ3) is 5.27. The zero-order chi connectivity index (χ0) is 20.8. The van der Waals surface area contributed by atoms with Crippen LogP contribution in [0.2, 0.25) is 0 Å². The third-order valence-corrected chi connectivity index (χ3v) is 4.50. The van der Waals surface area contributed by atoms with E-state index in [-0.39, 0.29) is 11.5 Å². The van der Waals surface area contributed by atoms with Crippen molar-refractivity contribution >= 4 is 17.2 Å². The van der Waals surface area contributed by atoms with E-state index < -0.39 is 4.92 Å². The lowest BCUT2D eigenvalue weighted by molar-refractivity contribution is -0.384. The first-order valence-corrected chi connectivity index (χ1v) is 9.28. The van der Waals surface area contributed by atoms with Crippen molar-refractivity contribution in [1.29, 1.82) is 0 Å². The van der Waals surface area contributed by atoms with E-state index >= 15 is 0 Å². The van der Waals surface area contributed by atoms with E-state index in [1.165, 1.54) is 11.6 Å². The summed E-state index contributed by atoms with van der Waals surface area (Å²) in [6.07, 6.45) is 0. The summed E-state index contributed by atoms with van der Waals surface area (Å²) in [7, 11) is 4.03. The molecule has 0 fully saturated rings. The van der Waals surface area contributed by atoms with Gasteiger partial charge in [0, 0.05) is 30.3 Å². The molecule has 1 N–H and O–H groups in total. The summed E-state index contributed by atoms with van der Waals surface area (Å²) in [5.41, 5.74) is 3.29. The van der Waals surface area contributed by atoms with Crippen molar-refractivity contribution in [2.75, 3.05) is 19.4 Å². The maximum absolute atomic E-state index is 12.6. The van der Waals surface area contributed by atoms with E-state index in [1.807, 2.05) is 44.4 Å². The van der Waals surface area contributed by atoms with Crippen molar-refractivity contribution in [2.45, 2.75) is 13.1 Å². The lowest BCUT2D eigenvalue weighted by Crippen LogP contribution is -2.10. The van der Waals surface area contributed by atoms with Crippen LogP contribution in [0.15, 0.2) is 72.8 Å². The van der Waals surface area contributed by atoms with Gasteiger partial charge in [-0.2, -0.15) is 0 Å². The first kappa shape index (κ1) is 20.2. The molecule has 3 rings (SSSR count). The SMILES string of the molecule is CN(C)Cc1ccc(CNc2ccc(C(=O)c3ccccc3)cc2[N+](=O)[O-])cc1. The van der Waals surface area contributed by atoms with Gasteiger partial charge in [-0.15, -0.1) is 0 Å². The molecule has 0 aliphatic rings. The van der Waals surface area contributed by atoms with Gasteiger partial charge in [-0.05, 0) is 37.4 Å². The number of benzene rings is 3. The first-order valence-electron chi connectivity index (χ1n) is 9.28. The summed E-state index contributed by atoms with van der Waals surface area (Å²) in [5, 5.41) is 14.7. The third-order valence-electron chi connectivity index (χ3n) is 4.50. The Morgan fingerprint density at radius 3 is 2.21 bits per heavy atom. The van der Waals surface area contributed by atoms with Gasteiger partial charge < -0.3 is 10.2 Å². The van der Waals surface area contributed by atoms with Gasteiger partial charge >= 0.3 is 0 Å². The number of rotatable bonds is 8. The fraction of sp³-hybridized carbons (Fsp3) is 0.174. The molecule has 0 heterocycles. The second-order valence-electron chi connectivity index (χ2n) is 7.09. The summed E-state index contributed by atoms with van der Waals surface area (Å²) in [6, 6.07) is 21.4. The minimum Gasteiger partial charge on any atom is -0.375 e. The number of nitrogens with one attached hydrogen (secondary N) is 1. The average molecular weight is 389 g/mol. The average Bonchev–Trinajstić information content (AvgIpc) is 2.73. The summed E-state index contributed by atoms with van der Waals surface area (Å²) < 4.78 is 0. The molecule has 0 atom stereocenters. The van der Waals surface area contributed by atoms with Gasteiger partial charge in [0.15, 0.2) is 5.78 Å². The number of carbonyl (C=O) groups is 1. The van der Waals surface area contributed by atoms with Crippen molar-refractivity contribution in [1.82, 2.24) is 4.90 Å². The largest absolute Gasteiger partial charge is 0.375 e. The second-order valence-corrected chi connectivity index (χ2v) is 7.09. The zero-order valence-corrected chi connectivity index (χ0v) is 16.5. The molecule has 0 saturated heterocycles. The first-order chi connectivity index (χ1) is 13.9. The van der Waals surface area contributed by atoms with E-state index in [0.717, 1.165) is 12.1 Å². The molecule has 0 spiro atoms. The Morgan fingerprint density at radius 2 is 1.59 bits per heavy atom. The highest BCUT2D eigenvalue weighted by molar-refractivity contribution is 6.09. The number of carbonyl (C=O) groups excluding carboxylic acids is 1. The Labute approximate surface area is 169 Å². The lowest BCUT2D eigenvalue weighted by atomic mass is 10.0. The number of nitrogens with zero attached hydrogens (tertiary/aromatic N) is 2. The molecule has 0 amide bonds. The highest BCUT2D eigenvalue weighted by Crippen LogP contribution is 2.27. The van der Waals surface area contributed by atoms with Gasteiger partial charge in [0.05, 0.1) is 4.92 Å². The van der Waals surface area contributed by atoms with Crippen LogP contribution in [0.25, 0.3) is 0 Å². The molecule has 0 radical (unpaired) electrons. The van der Waals surface area contributed by atoms with Crippen LogP contribution in [0.5, 0.6) is 0 Å². The molecule has 0 aromatic heterocycles. The Hall–Kier alpha value is -3.51. The topological polar surface area (TPSA) is 75.5 Å². The van der Waals surface area contributed by atoms with E-state index in [9.17, 15) is 14.9 Å². The molecule has 6 heteroatoms. The molecule has 3 aromatic rings. The zero-order valence-electron chi connectivity index (χ0n) is 16.5. The van der Waals surface area contributed by atoms with Gasteiger partial charge in [0.1, 0.15) is 5.69 Å². The summed E-state index contributed by atoms with van der Waals surface area (Å²) >= 11 is 0. The van der Waals surface area contributed by atoms with Crippen LogP contribution in [0.3, 0.4) is 0 Å². The van der Waals surface area contributed by atoms with Crippen molar-refractivity contribution < 1.29 is 9.72 Å². The van der Waals surface area contributed by atoms with Crippen molar-refractivity contribution in [3.8, 4) is 0 Å². The van der Waals surface area contributed by atoms with Gasteiger partial charge in [0.25, 0.3) is 5.69 Å². The molecular formula is C23H23N3O3. The monoisotopic (exact) mass is 389 g/mol. The quantitative estimate of drug-likeness (QED) is 0.349. The van der Waals surface area contributed by atoms with Crippen LogP contribution in [0, 0.1) is 10.1 Å². The van der Waals surface area contributed by atoms with Crippen molar-refractivity contribution in [2.24, 2.45) is 0 Å². The number of nitro benzene ring substituents is 1. The molecule has 6 nitrogen and oxygen atoms in total. The summed E-state index contributed by atoms with van der Waals surface area (Å²) in [5.74, 6) is -0.239. The Balaban J connectivity index is 1.75. The standard InChI is InChI=1S/C23H23N3O3/c1-25(2)16-18-10-8-17(9-11-18)15-24-21-13-12-20(14-22(21)26(28)29)23(27)19-6-4-3-5-7-19/h3-14,24H,15-16H2,1-2H3. The minimum atomic E-state index is -0.468. The molecule has 0 unspecified atom stereocenters. The van der Waals surface area contributed by atoms with Crippen LogP contribution in [-0.4, -0.2) is 29.7 Å². The Bertz CT molecular complexity index is 1000. The number of hydrogen-bond donors (Lipinski definition) is 1.